The van der Waals surface area contributed by atoms with Gasteiger partial charge in [0.2, 0.25) is 0 Å². The van der Waals surface area contributed by atoms with Crippen LogP contribution in [0.25, 0.3) is 0 Å². The molecule has 0 spiro atoms. The first kappa shape index (κ1) is 15.5. The van der Waals surface area contributed by atoms with E-state index in [1.165, 1.54) is 0 Å². The van der Waals surface area contributed by atoms with E-state index in [-0.39, 0.29) is 12.4 Å². The zero-order valence-corrected chi connectivity index (χ0v) is 13.0. The predicted octanol–water partition coefficient (Wildman–Crippen LogP) is 3.83. The van der Waals surface area contributed by atoms with Crippen molar-refractivity contribution in [1.29, 1.82) is 0 Å². The molecule has 3 nitrogen and oxygen atoms in total. The molecule has 0 radical (unpaired) electrons. The number of nitrogens with two attached hydrogens (primary N) is 1. The fourth-order valence-corrected chi connectivity index (χ4v) is 2.62. The van der Waals surface area contributed by atoms with Crippen LogP contribution in [0, 0.1) is 0 Å². The van der Waals surface area contributed by atoms with Gasteiger partial charge in [0.15, 0.2) is 0 Å². The van der Waals surface area contributed by atoms with E-state index in [1.807, 2.05) is 32.9 Å². The molecule has 100 valence electrons. The smallest absolute Gasteiger partial charge is 0.308 e. The molecule has 0 aliphatic carbocycles. The highest BCUT2D eigenvalue weighted by molar-refractivity contribution is 9.10. The lowest BCUT2D eigenvalue weighted by molar-refractivity contribution is -0.155. The minimum Gasteiger partial charge on any atom is -0.460 e. The maximum absolute atomic E-state index is 11.7. The van der Waals surface area contributed by atoms with E-state index < -0.39 is 11.6 Å². The number of carbonyl (C=O) groups is 1. The molecule has 0 fully saturated rings. The Morgan fingerprint density at radius 3 is 2.61 bits per heavy atom. The van der Waals surface area contributed by atoms with Gasteiger partial charge in [-0.25, -0.2) is 0 Å². The van der Waals surface area contributed by atoms with Crippen molar-refractivity contribution < 1.29 is 9.53 Å². The molecule has 5 heteroatoms. The lowest BCUT2D eigenvalue weighted by Gasteiger charge is -2.21. The van der Waals surface area contributed by atoms with Crippen LogP contribution in [0.5, 0.6) is 0 Å². The van der Waals surface area contributed by atoms with E-state index in [2.05, 4.69) is 15.9 Å². The fourth-order valence-electron chi connectivity index (χ4n) is 1.53. The largest absolute Gasteiger partial charge is 0.460 e. The molecule has 0 aliphatic rings. The van der Waals surface area contributed by atoms with E-state index in [4.69, 9.17) is 22.1 Å². The van der Waals surface area contributed by atoms with E-state index in [9.17, 15) is 4.79 Å². The highest BCUT2D eigenvalue weighted by Crippen LogP contribution is 2.31. The van der Waals surface area contributed by atoms with Crippen molar-refractivity contribution in [2.75, 3.05) is 0 Å². The van der Waals surface area contributed by atoms with Crippen molar-refractivity contribution >= 4 is 33.5 Å². The number of rotatable bonds is 3. The minimum atomic E-state index is -0.505. The Morgan fingerprint density at radius 1 is 1.50 bits per heavy atom. The summed E-state index contributed by atoms with van der Waals surface area (Å²) in [4.78, 5) is 11.7. The van der Waals surface area contributed by atoms with Crippen LogP contribution in [0.15, 0.2) is 22.7 Å². The second-order valence-corrected chi connectivity index (χ2v) is 6.29. The summed E-state index contributed by atoms with van der Waals surface area (Å²) in [6, 6.07) is 4.92. The molecule has 0 aliphatic heterocycles. The molecule has 18 heavy (non-hydrogen) atoms. The number of hydrogen-bond donors (Lipinski definition) is 1. The average molecular weight is 335 g/mol. The highest BCUT2D eigenvalue weighted by atomic mass is 79.9. The molecule has 0 heterocycles. The molecule has 1 rings (SSSR count). The van der Waals surface area contributed by atoms with Crippen molar-refractivity contribution in [1.82, 2.24) is 0 Å². The fraction of sp³-hybridized carbons (Fsp3) is 0.462. The molecule has 0 unspecified atom stereocenters. The number of carbonyl (C=O) groups excluding carboxylic acids is 1. The van der Waals surface area contributed by atoms with Crippen molar-refractivity contribution in [2.24, 2.45) is 5.73 Å². The van der Waals surface area contributed by atoms with Crippen LogP contribution in [0.4, 0.5) is 0 Å². The Labute approximate surface area is 121 Å². The van der Waals surface area contributed by atoms with Crippen molar-refractivity contribution in [3.8, 4) is 0 Å². The number of benzene rings is 1. The lowest BCUT2D eigenvalue weighted by atomic mass is 10.0. The molecule has 0 saturated heterocycles. The standard InChI is InChI=1S/C13H17BrClNO2/c1-13(2,3)18-11(17)7-10(16)12-8(14)5-4-6-9(12)15/h4-6,10H,7,16H2,1-3H3/t10-/m1/s1. The van der Waals surface area contributed by atoms with Gasteiger partial charge in [0, 0.05) is 21.1 Å². The molecule has 1 aromatic rings. The summed E-state index contributed by atoms with van der Waals surface area (Å²) < 4.78 is 6.03. The normalized spacial score (nSPS) is 13.2. The van der Waals surface area contributed by atoms with Crippen LogP contribution in [0.1, 0.15) is 38.8 Å². The Balaban J connectivity index is 2.77. The summed E-state index contributed by atoms with van der Waals surface area (Å²) in [5.74, 6) is -0.332. The van der Waals surface area contributed by atoms with Crippen LogP contribution in [0.2, 0.25) is 5.02 Å². The molecule has 2 N–H and O–H groups in total. The van der Waals surface area contributed by atoms with E-state index >= 15 is 0 Å². The zero-order chi connectivity index (χ0) is 13.9. The van der Waals surface area contributed by atoms with Crippen LogP contribution in [0.3, 0.4) is 0 Å². The molecular formula is C13H17BrClNO2. The SMILES string of the molecule is CC(C)(C)OC(=O)C[C@@H](N)c1c(Cl)cccc1Br. The van der Waals surface area contributed by atoms with E-state index in [0.717, 1.165) is 10.0 Å². The van der Waals surface area contributed by atoms with E-state index in [1.54, 1.807) is 6.07 Å². The van der Waals surface area contributed by atoms with Gasteiger partial charge in [0.05, 0.1) is 6.42 Å². The van der Waals surface area contributed by atoms with Crippen LogP contribution < -0.4 is 5.73 Å². The van der Waals surface area contributed by atoms with Gasteiger partial charge in [-0.3, -0.25) is 4.79 Å². The highest BCUT2D eigenvalue weighted by Gasteiger charge is 2.21. The summed E-state index contributed by atoms with van der Waals surface area (Å²) in [5.41, 5.74) is 6.22. The van der Waals surface area contributed by atoms with Crippen molar-refractivity contribution in [2.45, 2.75) is 38.8 Å². The average Bonchev–Trinajstić information content (AvgIpc) is 2.13. The maximum Gasteiger partial charge on any atom is 0.308 e. The lowest BCUT2D eigenvalue weighted by Crippen LogP contribution is -2.26. The molecular weight excluding hydrogens is 318 g/mol. The summed E-state index contributed by atoms with van der Waals surface area (Å²) in [7, 11) is 0. The number of hydrogen-bond acceptors (Lipinski definition) is 3. The molecule has 0 bridgehead atoms. The third-order valence-electron chi connectivity index (χ3n) is 2.18. The van der Waals surface area contributed by atoms with Gasteiger partial charge in [-0.2, -0.15) is 0 Å². The Kier molecular flexibility index (Phi) is 5.20. The molecule has 0 aromatic heterocycles. The van der Waals surface area contributed by atoms with Gasteiger partial charge in [-0.15, -0.1) is 0 Å². The third kappa shape index (κ3) is 4.59. The maximum atomic E-state index is 11.7. The number of halogens is 2. The van der Waals surface area contributed by atoms with Gasteiger partial charge in [-0.05, 0) is 32.9 Å². The second-order valence-electron chi connectivity index (χ2n) is 5.03. The van der Waals surface area contributed by atoms with Crippen LogP contribution in [-0.4, -0.2) is 11.6 Å². The predicted molar refractivity (Wildman–Crippen MR) is 76.5 cm³/mol. The molecule has 0 amide bonds. The van der Waals surface area contributed by atoms with Crippen molar-refractivity contribution in [3.63, 3.8) is 0 Å². The summed E-state index contributed by atoms with van der Waals surface area (Å²) in [6.07, 6.45) is 0.0968. The summed E-state index contributed by atoms with van der Waals surface area (Å²) in [5, 5.41) is 0.542. The second kappa shape index (κ2) is 6.04. The first-order chi connectivity index (χ1) is 8.20. The summed E-state index contributed by atoms with van der Waals surface area (Å²) in [6.45, 7) is 5.46. The van der Waals surface area contributed by atoms with Gasteiger partial charge in [-0.1, -0.05) is 33.6 Å². The number of ether oxygens (including phenoxy) is 1. The molecule has 1 aromatic carbocycles. The van der Waals surface area contributed by atoms with Crippen molar-refractivity contribution in [3.05, 3.63) is 33.3 Å². The first-order valence-corrected chi connectivity index (χ1v) is 6.79. The van der Waals surface area contributed by atoms with Crippen LogP contribution in [-0.2, 0) is 9.53 Å². The van der Waals surface area contributed by atoms with Gasteiger partial charge in [0.1, 0.15) is 5.60 Å². The molecule has 0 saturated carbocycles. The topological polar surface area (TPSA) is 52.3 Å². The van der Waals surface area contributed by atoms with Gasteiger partial charge < -0.3 is 10.5 Å². The summed E-state index contributed by atoms with van der Waals surface area (Å²) >= 11 is 9.46. The zero-order valence-electron chi connectivity index (χ0n) is 10.7. The Hall–Kier alpha value is -0.580. The quantitative estimate of drug-likeness (QED) is 0.855. The van der Waals surface area contributed by atoms with Crippen LogP contribution >= 0.6 is 27.5 Å². The third-order valence-corrected chi connectivity index (χ3v) is 3.20. The monoisotopic (exact) mass is 333 g/mol. The molecule has 1 atom stereocenters. The first-order valence-electron chi connectivity index (χ1n) is 5.62. The van der Waals surface area contributed by atoms with E-state index in [0.29, 0.717) is 5.02 Å². The number of esters is 1. The Morgan fingerprint density at radius 2 is 2.11 bits per heavy atom. The minimum absolute atomic E-state index is 0.0968. The van der Waals surface area contributed by atoms with Gasteiger partial charge >= 0.3 is 5.97 Å². The van der Waals surface area contributed by atoms with Gasteiger partial charge in [0.25, 0.3) is 0 Å². The Bertz CT molecular complexity index is 423.